The lowest BCUT2D eigenvalue weighted by molar-refractivity contribution is 0.0945. The van der Waals surface area contributed by atoms with Crippen molar-refractivity contribution in [2.45, 2.75) is 25.7 Å². The highest BCUT2D eigenvalue weighted by molar-refractivity contribution is 7.99. The standard InChI is InChI=1S/C10H16OS/c1-2-4-10-6-11-5-9(10,3-1)7-12-8-10/h1-8H2. The molecule has 0 amide bonds. The predicted octanol–water partition coefficient (Wildman–Crippen LogP) is 2.31. The van der Waals surface area contributed by atoms with Crippen molar-refractivity contribution in [2.75, 3.05) is 24.7 Å². The fourth-order valence-electron chi connectivity index (χ4n) is 3.33. The van der Waals surface area contributed by atoms with Crippen LogP contribution in [-0.2, 0) is 4.74 Å². The molecule has 3 fully saturated rings. The van der Waals surface area contributed by atoms with Crippen LogP contribution in [0.4, 0.5) is 0 Å². The van der Waals surface area contributed by atoms with Crippen LogP contribution in [-0.4, -0.2) is 24.7 Å². The zero-order chi connectivity index (χ0) is 8.07. The summed E-state index contributed by atoms with van der Waals surface area (Å²) in [6.07, 6.45) is 5.79. The molecule has 1 aliphatic carbocycles. The molecular formula is C10H16OS. The first-order chi connectivity index (χ1) is 5.87. The van der Waals surface area contributed by atoms with Gasteiger partial charge in [-0.25, -0.2) is 0 Å². The molecule has 2 saturated heterocycles. The molecule has 0 bridgehead atoms. The average molecular weight is 184 g/mol. The molecule has 0 aromatic carbocycles. The van der Waals surface area contributed by atoms with E-state index < -0.39 is 0 Å². The topological polar surface area (TPSA) is 9.23 Å². The Hall–Kier alpha value is 0.310. The maximum atomic E-state index is 5.73. The van der Waals surface area contributed by atoms with Gasteiger partial charge >= 0.3 is 0 Å². The molecule has 1 nitrogen and oxygen atoms in total. The molecule has 12 heavy (non-hydrogen) atoms. The predicted molar refractivity (Wildman–Crippen MR) is 51.5 cm³/mol. The molecule has 0 N–H and O–H groups in total. The van der Waals surface area contributed by atoms with Gasteiger partial charge in [0.25, 0.3) is 0 Å². The highest BCUT2D eigenvalue weighted by Crippen LogP contribution is 2.61. The first-order valence-corrected chi connectivity index (χ1v) is 6.18. The second-order valence-electron chi connectivity index (χ2n) is 4.75. The Morgan fingerprint density at radius 2 is 1.50 bits per heavy atom. The Morgan fingerprint density at radius 1 is 0.917 bits per heavy atom. The van der Waals surface area contributed by atoms with Crippen molar-refractivity contribution < 1.29 is 4.74 Å². The van der Waals surface area contributed by atoms with E-state index in [9.17, 15) is 0 Å². The number of hydrogen-bond donors (Lipinski definition) is 0. The maximum absolute atomic E-state index is 5.73. The number of rotatable bonds is 0. The summed E-state index contributed by atoms with van der Waals surface area (Å²) < 4.78 is 5.73. The van der Waals surface area contributed by atoms with Crippen molar-refractivity contribution >= 4 is 11.8 Å². The molecule has 0 aromatic heterocycles. The normalized spacial score (nSPS) is 52.0. The molecule has 68 valence electrons. The van der Waals surface area contributed by atoms with Gasteiger partial charge in [-0.2, -0.15) is 11.8 Å². The first kappa shape index (κ1) is 7.69. The third-order valence-electron chi connectivity index (χ3n) is 4.20. The van der Waals surface area contributed by atoms with E-state index >= 15 is 0 Å². The summed E-state index contributed by atoms with van der Waals surface area (Å²) in [5.74, 6) is 2.76. The third-order valence-corrected chi connectivity index (χ3v) is 5.71. The zero-order valence-corrected chi connectivity index (χ0v) is 8.29. The van der Waals surface area contributed by atoms with Gasteiger partial charge in [-0.15, -0.1) is 0 Å². The summed E-state index contributed by atoms with van der Waals surface area (Å²) in [6, 6.07) is 0. The minimum absolute atomic E-state index is 0.621. The minimum Gasteiger partial charge on any atom is -0.380 e. The van der Waals surface area contributed by atoms with Gasteiger partial charge in [0.1, 0.15) is 0 Å². The van der Waals surface area contributed by atoms with Crippen molar-refractivity contribution in [2.24, 2.45) is 10.8 Å². The fourth-order valence-corrected chi connectivity index (χ4v) is 5.28. The molecule has 0 spiro atoms. The largest absolute Gasteiger partial charge is 0.380 e. The van der Waals surface area contributed by atoms with Gasteiger partial charge in [0.2, 0.25) is 0 Å². The monoisotopic (exact) mass is 184 g/mol. The van der Waals surface area contributed by atoms with E-state index in [0.717, 1.165) is 13.2 Å². The lowest BCUT2D eigenvalue weighted by atomic mass is 9.60. The Balaban J connectivity index is 2.00. The minimum atomic E-state index is 0.621. The maximum Gasteiger partial charge on any atom is 0.0537 e. The summed E-state index contributed by atoms with van der Waals surface area (Å²) in [6.45, 7) is 2.14. The summed E-state index contributed by atoms with van der Waals surface area (Å²) in [4.78, 5) is 0. The third kappa shape index (κ3) is 0.759. The van der Waals surface area contributed by atoms with Crippen LogP contribution in [0, 0.1) is 10.8 Å². The van der Waals surface area contributed by atoms with Gasteiger partial charge in [-0.1, -0.05) is 12.8 Å². The molecule has 0 aromatic rings. The van der Waals surface area contributed by atoms with Crippen LogP contribution >= 0.6 is 11.8 Å². The van der Waals surface area contributed by atoms with E-state index in [1.165, 1.54) is 37.2 Å². The van der Waals surface area contributed by atoms with E-state index in [1.807, 2.05) is 0 Å². The molecule has 2 heterocycles. The van der Waals surface area contributed by atoms with Crippen molar-refractivity contribution in [3.05, 3.63) is 0 Å². The SMILES string of the molecule is C1CCC23COCC2(C1)CSC3. The van der Waals surface area contributed by atoms with E-state index in [1.54, 1.807) is 0 Å². The smallest absolute Gasteiger partial charge is 0.0537 e. The lowest BCUT2D eigenvalue weighted by Gasteiger charge is -2.42. The Morgan fingerprint density at radius 3 is 2.08 bits per heavy atom. The number of thioether (sulfide) groups is 1. The van der Waals surface area contributed by atoms with E-state index in [-0.39, 0.29) is 0 Å². The van der Waals surface area contributed by atoms with E-state index in [2.05, 4.69) is 11.8 Å². The molecule has 3 rings (SSSR count). The molecule has 2 unspecified atom stereocenters. The van der Waals surface area contributed by atoms with Crippen molar-refractivity contribution in [1.82, 2.24) is 0 Å². The average Bonchev–Trinajstić information content (AvgIpc) is 2.57. The number of ether oxygens (including phenoxy) is 1. The van der Waals surface area contributed by atoms with Gasteiger partial charge in [-0.3, -0.25) is 0 Å². The Bertz CT molecular complexity index is 172. The fraction of sp³-hybridized carbons (Fsp3) is 1.00. The highest BCUT2D eigenvalue weighted by Gasteiger charge is 2.59. The van der Waals surface area contributed by atoms with Crippen molar-refractivity contribution in [3.8, 4) is 0 Å². The Labute approximate surface area is 78.2 Å². The molecule has 2 heteroatoms. The van der Waals surface area contributed by atoms with Crippen LogP contribution in [0.25, 0.3) is 0 Å². The van der Waals surface area contributed by atoms with Gasteiger partial charge in [0.15, 0.2) is 0 Å². The Kier molecular flexibility index (Phi) is 1.55. The summed E-state index contributed by atoms with van der Waals surface area (Å²) in [7, 11) is 0. The highest BCUT2D eigenvalue weighted by atomic mass is 32.2. The molecule has 1 saturated carbocycles. The quantitative estimate of drug-likeness (QED) is 0.571. The van der Waals surface area contributed by atoms with Gasteiger partial charge in [0, 0.05) is 22.3 Å². The van der Waals surface area contributed by atoms with Gasteiger partial charge < -0.3 is 4.74 Å². The van der Waals surface area contributed by atoms with Gasteiger partial charge in [0.05, 0.1) is 13.2 Å². The summed E-state index contributed by atoms with van der Waals surface area (Å²) in [5, 5.41) is 0. The molecule has 0 radical (unpaired) electrons. The van der Waals surface area contributed by atoms with Crippen molar-refractivity contribution in [3.63, 3.8) is 0 Å². The molecule has 3 aliphatic rings. The second kappa shape index (κ2) is 2.42. The van der Waals surface area contributed by atoms with Crippen LogP contribution in [0.5, 0.6) is 0 Å². The first-order valence-electron chi connectivity index (χ1n) is 5.03. The number of hydrogen-bond acceptors (Lipinski definition) is 2. The van der Waals surface area contributed by atoms with Gasteiger partial charge in [-0.05, 0) is 12.8 Å². The second-order valence-corrected chi connectivity index (χ2v) is 5.74. The van der Waals surface area contributed by atoms with Crippen LogP contribution in [0.2, 0.25) is 0 Å². The summed E-state index contributed by atoms with van der Waals surface area (Å²) >= 11 is 2.17. The molecule has 2 atom stereocenters. The van der Waals surface area contributed by atoms with E-state index in [4.69, 9.17) is 4.74 Å². The lowest BCUT2D eigenvalue weighted by Crippen LogP contribution is -2.42. The van der Waals surface area contributed by atoms with Crippen LogP contribution in [0.15, 0.2) is 0 Å². The van der Waals surface area contributed by atoms with E-state index in [0.29, 0.717) is 10.8 Å². The zero-order valence-electron chi connectivity index (χ0n) is 7.47. The summed E-state index contributed by atoms with van der Waals surface area (Å²) in [5.41, 5.74) is 1.24. The van der Waals surface area contributed by atoms with Crippen molar-refractivity contribution in [1.29, 1.82) is 0 Å². The molecular weight excluding hydrogens is 168 g/mol. The van der Waals surface area contributed by atoms with Crippen LogP contribution in [0.1, 0.15) is 25.7 Å². The van der Waals surface area contributed by atoms with Crippen LogP contribution in [0.3, 0.4) is 0 Å². The van der Waals surface area contributed by atoms with Crippen LogP contribution < -0.4 is 0 Å². The molecule has 2 aliphatic heterocycles.